The van der Waals surface area contributed by atoms with Crippen molar-refractivity contribution in [1.82, 2.24) is 4.57 Å². The summed E-state index contributed by atoms with van der Waals surface area (Å²) in [5.41, 5.74) is 1.71. The van der Waals surface area contributed by atoms with Crippen LogP contribution in [0.1, 0.15) is 12.0 Å². The van der Waals surface area contributed by atoms with Gasteiger partial charge >= 0.3 is 12.3 Å². The molecule has 1 amide bonds. The molecule has 0 saturated heterocycles. The average Bonchev–Trinajstić information content (AvgIpc) is 3.09. The van der Waals surface area contributed by atoms with Gasteiger partial charge in [0.15, 0.2) is 0 Å². The first kappa shape index (κ1) is 21.8. The molecule has 0 atom stereocenters. The highest BCUT2D eigenvalue weighted by molar-refractivity contribution is 5.96. The second-order valence-electron chi connectivity index (χ2n) is 6.58. The summed E-state index contributed by atoms with van der Waals surface area (Å²) >= 11 is 0. The summed E-state index contributed by atoms with van der Waals surface area (Å²) in [4.78, 5) is 24.9. The van der Waals surface area contributed by atoms with Gasteiger partial charge in [-0.1, -0.05) is 17.9 Å². The van der Waals surface area contributed by atoms with Gasteiger partial charge in [0, 0.05) is 24.5 Å². The number of hydrogen-bond donors (Lipinski definition) is 1. The fourth-order valence-electron chi connectivity index (χ4n) is 2.89. The predicted molar refractivity (Wildman–Crippen MR) is 108 cm³/mol. The van der Waals surface area contributed by atoms with Gasteiger partial charge in [-0.3, -0.25) is 9.59 Å². The lowest BCUT2D eigenvalue weighted by Gasteiger charge is -2.16. The van der Waals surface area contributed by atoms with E-state index in [0.29, 0.717) is 16.8 Å². The zero-order chi connectivity index (χ0) is 22.6. The Morgan fingerprint density at radius 3 is 2.48 bits per heavy atom. The van der Waals surface area contributed by atoms with Crippen LogP contribution in [0.4, 0.5) is 18.9 Å². The van der Waals surface area contributed by atoms with E-state index in [9.17, 15) is 22.8 Å². The molecule has 0 aliphatic heterocycles. The smallest absolute Gasteiger partial charge is 0.480 e. The summed E-state index contributed by atoms with van der Waals surface area (Å²) in [6, 6.07) is 12.1. The van der Waals surface area contributed by atoms with Gasteiger partial charge in [0.2, 0.25) is 5.91 Å². The van der Waals surface area contributed by atoms with E-state index >= 15 is 0 Å². The van der Waals surface area contributed by atoms with Crippen LogP contribution in [0, 0.1) is 11.8 Å². The lowest BCUT2D eigenvalue weighted by molar-refractivity contribution is -0.274. The Balaban J connectivity index is 1.67. The minimum atomic E-state index is -4.76. The molecule has 0 radical (unpaired) electrons. The Morgan fingerprint density at radius 1 is 1.13 bits per heavy atom. The van der Waals surface area contributed by atoms with E-state index < -0.39 is 12.3 Å². The number of ether oxygens (including phenoxy) is 1. The monoisotopic (exact) mass is 430 g/mol. The second kappa shape index (κ2) is 8.83. The number of alkyl halides is 3. The number of anilines is 1. The van der Waals surface area contributed by atoms with Gasteiger partial charge in [0.1, 0.15) is 12.3 Å². The van der Waals surface area contributed by atoms with E-state index in [1.807, 2.05) is 0 Å². The van der Waals surface area contributed by atoms with Crippen molar-refractivity contribution >= 4 is 28.5 Å². The summed E-state index contributed by atoms with van der Waals surface area (Å²) in [7, 11) is 1.58. The van der Waals surface area contributed by atoms with E-state index in [1.54, 1.807) is 42.1 Å². The highest BCUT2D eigenvalue weighted by atomic mass is 19.4. The van der Waals surface area contributed by atoms with Gasteiger partial charge in [-0.05, 0) is 47.9 Å². The van der Waals surface area contributed by atoms with Gasteiger partial charge < -0.3 is 19.3 Å². The molecule has 3 aromatic rings. The molecule has 0 unspecified atom stereocenters. The molecule has 0 fully saturated rings. The fourth-order valence-corrected chi connectivity index (χ4v) is 2.89. The van der Waals surface area contributed by atoms with Crippen molar-refractivity contribution in [3.05, 3.63) is 60.3 Å². The van der Waals surface area contributed by atoms with Crippen LogP contribution in [0.5, 0.6) is 5.75 Å². The minimum absolute atomic E-state index is 0.106. The molecular formula is C22H17F3N2O4. The van der Waals surface area contributed by atoms with E-state index in [1.165, 1.54) is 17.0 Å². The molecule has 160 valence electrons. The quantitative estimate of drug-likeness (QED) is 0.621. The van der Waals surface area contributed by atoms with E-state index in [0.717, 1.165) is 17.5 Å². The molecule has 0 aliphatic carbocycles. The van der Waals surface area contributed by atoms with E-state index in [4.69, 9.17) is 5.11 Å². The molecule has 31 heavy (non-hydrogen) atoms. The van der Waals surface area contributed by atoms with Crippen LogP contribution in [-0.2, 0) is 16.1 Å². The number of carbonyl (C=O) groups is 2. The van der Waals surface area contributed by atoms with Crippen LogP contribution in [0.25, 0.3) is 10.9 Å². The van der Waals surface area contributed by atoms with E-state index in [-0.39, 0.29) is 24.6 Å². The molecule has 2 aromatic carbocycles. The third kappa shape index (κ3) is 5.79. The number of aromatic nitrogens is 1. The first-order valence-corrected chi connectivity index (χ1v) is 9.04. The standard InChI is InChI=1S/C22H17F3N2O4/c1-26(17-8-7-16-11-12-27(14-21(29)30)19(16)13-17)20(28)4-2-3-15-5-9-18(10-6-15)31-22(23,24)25/h5-13H,4,14H2,1H3,(H,29,30). The molecular weight excluding hydrogens is 413 g/mol. The summed E-state index contributed by atoms with van der Waals surface area (Å²) in [6.45, 7) is -0.192. The minimum Gasteiger partial charge on any atom is -0.480 e. The molecule has 1 aromatic heterocycles. The van der Waals surface area contributed by atoms with Crippen LogP contribution in [0.3, 0.4) is 0 Å². The van der Waals surface area contributed by atoms with Crippen LogP contribution in [0.2, 0.25) is 0 Å². The Labute approximate surface area is 175 Å². The molecule has 0 spiro atoms. The van der Waals surface area contributed by atoms with Crippen LogP contribution in [-0.4, -0.2) is 35.0 Å². The Morgan fingerprint density at radius 2 is 1.84 bits per heavy atom. The van der Waals surface area contributed by atoms with Gasteiger partial charge in [-0.15, -0.1) is 13.2 Å². The van der Waals surface area contributed by atoms with Crippen molar-refractivity contribution in [2.24, 2.45) is 0 Å². The number of fused-ring (bicyclic) bond motifs is 1. The highest BCUT2D eigenvalue weighted by Gasteiger charge is 2.30. The van der Waals surface area contributed by atoms with Crippen LogP contribution < -0.4 is 9.64 Å². The maximum Gasteiger partial charge on any atom is 0.573 e. The maximum absolute atomic E-state index is 12.5. The van der Waals surface area contributed by atoms with Crippen molar-refractivity contribution in [2.75, 3.05) is 11.9 Å². The largest absolute Gasteiger partial charge is 0.573 e. The Bertz CT molecular complexity index is 1170. The zero-order valence-electron chi connectivity index (χ0n) is 16.3. The first-order valence-electron chi connectivity index (χ1n) is 9.04. The number of nitrogens with zero attached hydrogens (tertiary/aromatic N) is 2. The second-order valence-corrected chi connectivity index (χ2v) is 6.58. The molecule has 0 bridgehead atoms. The molecule has 9 heteroatoms. The average molecular weight is 430 g/mol. The van der Waals surface area contributed by atoms with Gasteiger partial charge in [-0.25, -0.2) is 0 Å². The number of hydrogen-bond acceptors (Lipinski definition) is 3. The number of carboxylic acids is 1. The summed E-state index contributed by atoms with van der Waals surface area (Å²) in [5, 5.41) is 9.86. The molecule has 6 nitrogen and oxygen atoms in total. The molecule has 0 aliphatic rings. The summed E-state index contributed by atoms with van der Waals surface area (Å²) in [5.74, 6) is 3.81. The number of carboxylic acid groups (broad SMARTS) is 1. The third-order valence-corrected chi connectivity index (χ3v) is 4.38. The summed E-state index contributed by atoms with van der Waals surface area (Å²) in [6.07, 6.45) is -3.20. The van der Waals surface area contributed by atoms with E-state index in [2.05, 4.69) is 16.6 Å². The Hall–Kier alpha value is -3.93. The van der Waals surface area contributed by atoms with Gasteiger partial charge in [0.05, 0.1) is 11.9 Å². The number of amides is 1. The third-order valence-electron chi connectivity index (χ3n) is 4.38. The number of halogens is 3. The predicted octanol–water partition coefficient (Wildman–Crippen LogP) is 4.03. The zero-order valence-corrected chi connectivity index (χ0v) is 16.3. The topological polar surface area (TPSA) is 71.8 Å². The van der Waals surface area contributed by atoms with Gasteiger partial charge in [-0.2, -0.15) is 0 Å². The van der Waals surface area contributed by atoms with Crippen molar-refractivity contribution < 1.29 is 32.6 Å². The van der Waals surface area contributed by atoms with Crippen LogP contribution >= 0.6 is 0 Å². The SMILES string of the molecule is CN(C(=O)CC#Cc1ccc(OC(F)(F)F)cc1)c1ccc2ccn(CC(=O)O)c2c1. The summed E-state index contributed by atoms with van der Waals surface area (Å²) < 4.78 is 41.9. The fraction of sp³-hybridized carbons (Fsp3) is 0.182. The van der Waals surface area contributed by atoms with Crippen molar-refractivity contribution in [3.8, 4) is 17.6 Å². The number of rotatable bonds is 5. The van der Waals surface area contributed by atoms with Crippen LogP contribution in [0.15, 0.2) is 54.7 Å². The van der Waals surface area contributed by atoms with Crippen molar-refractivity contribution in [1.29, 1.82) is 0 Å². The van der Waals surface area contributed by atoms with Crippen molar-refractivity contribution in [2.45, 2.75) is 19.3 Å². The molecule has 0 saturated carbocycles. The normalized spacial score (nSPS) is 11.0. The lowest BCUT2D eigenvalue weighted by Crippen LogP contribution is -2.25. The molecule has 1 heterocycles. The first-order chi connectivity index (χ1) is 14.6. The van der Waals surface area contributed by atoms with Gasteiger partial charge in [0.25, 0.3) is 0 Å². The highest BCUT2D eigenvalue weighted by Crippen LogP contribution is 2.24. The maximum atomic E-state index is 12.5. The molecule has 1 N–H and O–H groups in total. The number of aliphatic carboxylic acids is 1. The number of benzene rings is 2. The lowest BCUT2D eigenvalue weighted by atomic mass is 10.2. The van der Waals surface area contributed by atoms with Crippen molar-refractivity contribution in [3.63, 3.8) is 0 Å². The Kier molecular flexibility index (Phi) is 6.20. The number of carbonyl (C=O) groups excluding carboxylic acids is 1. The molecule has 3 rings (SSSR count).